The molecule has 0 heterocycles. The fourth-order valence-electron chi connectivity index (χ4n) is 2.26. The van der Waals surface area contributed by atoms with E-state index in [1.165, 1.54) is 0 Å². The third-order valence-corrected chi connectivity index (χ3v) is 4.53. The molecular formula is C13H23NO3S. The van der Waals surface area contributed by atoms with Gasteiger partial charge >= 0.3 is 5.97 Å². The maximum atomic E-state index is 11.6. The van der Waals surface area contributed by atoms with Crippen LogP contribution in [0.25, 0.3) is 0 Å². The summed E-state index contributed by atoms with van der Waals surface area (Å²) in [5.74, 6) is -0.410. The van der Waals surface area contributed by atoms with Crippen molar-refractivity contribution in [2.75, 3.05) is 12.3 Å². The van der Waals surface area contributed by atoms with Crippen LogP contribution >= 0.6 is 11.8 Å². The number of thioether (sulfide) groups is 1. The number of aliphatic carboxylic acids is 1. The lowest BCUT2D eigenvalue weighted by Gasteiger charge is -2.33. The van der Waals surface area contributed by atoms with Gasteiger partial charge in [-0.3, -0.25) is 9.59 Å². The van der Waals surface area contributed by atoms with Crippen molar-refractivity contribution in [3.63, 3.8) is 0 Å². The molecule has 0 saturated heterocycles. The molecule has 1 aliphatic rings. The van der Waals surface area contributed by atoms with Crippen LogP contribution in [0.5, 0.6) is 0 Å². The number of carboxylic acid groups (broad SMARTS) is 1. The number of nitrogens with one attached hydrogen (secondary N) is 1. The number of hydrogen-bond acceptors (Lipinski definition) is 3. The molecule has 4 nitrogen and oxygen atoms in total. The molecule has 1 fully saturated rings. The number of hydrogen-bond donors (Lipinski definition) is 2. The molecule has 0 bridgehead atoms. The Morgan fingerprint density at radius 3 is 2.39 bits per heavy atom. The summed E-state index contributed by atoms with van der Waals surface area (Å²) >= 11 is 1.57. The largest absolute Gasteiger partial charge is 0.481 e. The SMILES string of the molecule is CC(C)SCC(=O)NCC1(C(=O)O)CCCCC1. The second kappa shape index (κ2) is 7.02. The molecular weight excluding hydrogens is 250 g/mol. The first kappa shape index (κ1) is 15.3. The molecule has 0 aromatic rings. The van der Waals surface area contributed by atoms with Gasteiger partial charge in [0.1, 0.15) is 0 Å². The van der Waals surface area contributed by atoms with Gasteiger partial charge in [-0.25, -0.2) is 0 Å². The Hall–Kier alpha value is -0.710. The third kappa shape index (κ3) is 4.52. The molecule has 5 heteroatoms. The van der Waals surface area contributed by atoms with Crippen LogP contribution in [0.3, 0.4) is 0 Å². The zero-order valence-electron chi connectivity index (χ0n) is 11.2. The molecule has 2 N–H and O–H groups in total. The van der Waals surface area contributed by atoms with Crippen LogP contribution in [0.4, 0.5) is 0 Å². The van der Waals surface area contributed by atoms with Gasteiger partial charge in [0, 0.05) is 6.54 Å². The van der Waals surface area contributed by atoms with Gasteiger partial charge in [-0.2, -0.15) is 0 Å². The maximum absolute atomic E-state index is 11.6. The highest BCUT2D eigenvalue weighted by Crippen LogP contribution is 2.36. The predicted octanol–water partition coefficient (Wildman–Crippen LogP) is 2.28. The third-order valence-electron chi connectivity index (χ3n) is 3.44. The van der Waals surface area contributed by atoms with Crippen molar-refractivity contribution >= 4 is 23.6 Å². The molecule has 18 heavy (non-hydrogen) atoms. The molecule has 1 amide bonds. The highest BCUT2D eigenvalue weighted by molar-refractivity contribution is 8.00. The van der Waals surface area contributed by atoms with Crippen LogP contribution < -0.4 is 5.32 Å². The molecule has 0 atom stereocenters. The summed E-state index contributed by atoms with van der Waals surface area (Å²) in [5, 5.41) is 12.6. The molecule has 0 radical (unpaired) electrons. The predicted molar refractivity (Wildman–Crippen MR) is 73.8 cm³/mol. The van der Waals surface area contributed by atoms with Crippen molar-refractivity contribution in [1.82, 2.24) is 5.32 Å². The first-order valence-electron chi connectivity index (χ1n) is 6.58. The van der Waals surface area contributed by atoms with Gasteiger partial charge < -0.3 is 10.4 Å². The quantitative estimate of drug-likeness (QED) is 0.779. The standard InChI is InChI=1S/C13H23NO3S/c1-10(2)18-8-11(15)14-9-13(12(16)17)6-4-3-5-7-13/h10H,3-9H2,1-2H3,(H,14,15)(H,16,17). The fourth-order valence-corrected chi connectivity index (χ4v) is 2.84. The van der Waals surface area contributed by atoms with E-state index >= 15 is 0 Å². The van der Waals surface area contributed by atoms with Crippen LogP contribution in [0.2, 0.25) is 0 Å². The Morgan fingerprint density at radius 1 is 1.28 bits per heavy atom. The van der Waals surface area contributed by atoms with Crippen LogP contribution in [0.1, 0.15) is 46.0 Å². The normalized spacial score (nSPS) is 18.6. The van der Waals surface area contributed by atoms with E-state index in [0.29, 0.717) is 23.8 Å². The average Bonchev–Trinajstić information content (AvgIpc) is 2.34. The Balaban J connectivity index is 2.42. The Kier molecular flexibility index (Phi) is 5.99. The molecule has 1 rings (SSSR count). The van der Waals surface area contributed by atoms with Crippen molar-refractivity contribution < 1.29 is 14.7 Å². The number of carbonyl (C=O) groups excluding carboxylic acids is 1. The summed E-state index contributed by atoms with van der Waals surface area (Å²) < 4.78 is 0. The van der Waals surface area contributed by atoms with Crippen LogP contribution in [-0.4, -0.2) is 34.5 Å². The van der Waals surface area contributed by atoms with Crippen LogP contribution in [-0.2, 0) is 9.59 Å². The Bertz CT molecular complexity index is 299. The lowest BCUT2D eigenvalue weighted by Crippen LogP contribution is -2.44. The molecule has 1 aliphatic carbocycles. The van der Waals surface area contributed by atoms with Crippen molar-refractivity contribution in [3.05, 3.63) is 0 Å². The van der Waals surface area contributed by atoms with Crippen LogP contribution in [0.15, 0.2) is 0 Å². The van der Waals surface area contributed by atoms with E-state index < -0.39 is 11.4 Å². The van der Waals surface area contributed by atoms with E-state index in [1.807, 2.05) is 13.8 Å². The first-order chi connectivity index (χ1) is 8.46. The second-order valence-corrected chi connectivity index (χ2v) is 6.85. The summed E-state index contributed by atoms with van der Waals surface area (Å²) in [6.45, 7) is 4.36. The first-order valence-corrected chi connectivity index (χ1v) is 7.63. The topological polar surface area (TPSA) is 66.4 Å². The summed E-state index contributed by atoms with van der Waals surface area (Å²) in [6, 6.07) is 0. The van der Waals surface area contributed by atoms with Crippen molar-refractivity contribution in [3.8, 4) is 0 Å². The van der Waals surface area contributed by atoms with Crippen LogP contribution in [0, 0.1) is 5.41 Å². The maximum Gasteiger partial charge on any atom is 0.311 e. The number of rotatable bonds is 6. The van der Waals surface area contributed by atoms with E-state index in [1.54, 1.807) is 11.8 Å². The van der Waals surface area contributed by atoms with Gasteiger partial charge in [0.25, 0.3) is 0 Å². The van der Waals surface area contributed by atoms with E-state index in [0.717, 1.165) is 19.3 Å². The van der Waals surface area contributed by atoms with E-state index in [-0.39, 0.29) is 12.5 Å². The summed E-state index contributed by atoms with van der Waals surface area (Å²) in [5.41, 5.74) is -0.726. The Labute approximate surface area is 113 Å². The number of carbonyl (C=O) groups is 2. The van der Waals surface area contributed by atoms with Gasteiger partial charge in [0.15, 0.2) is 0 Å². The monoisotopic (exact) mass is 273 g/mol. The highest BCUT2D eigenvalue weighted by atomic mass is 32.2. The summed E-state index contributed by atoms with van der Waals surface area (Å²) in [4.78, 5) is 23.0. The van der Waals surface area contributed by atoms with E-state index in [4.69, 9.17) is 0 Å². The lowest BCUT2D eigenvalue weighted by molar-refractivity contribution is -0.150. The number of amides is 1. The van der Waals surface area contributed by atoms with Crippen molar-refractivity contribution in [2.24, 2.45) is 5.41 Å². The minimum atomic E-state index is -0.765. The van der Waals surface area contributed by atoms with Crippen molar-refractivity contribution in [2.45, 2.75) is 51.2 Å². The molecule has 1 saturated carbocycles. The lowest BCUT2D eigenvalue weighted by atomic mass is 9.74. The van der Waals surface area contributed by atoms with E-state index in [9.17, 15) is 14.7 Å². The van der Waals surface area contributed by atoms with Gasteiger partial charge in [-0.05, 0) is 18.1 Å². The summed E-state index contributed by atoms with van der Waals surface area (Å²) in [7, 11) is 0. The zero-order valence-corrected chi connectivity index (χ0v) is 12.0. The minimum absolute atomic E-state index is 0.0556. The molecule has 0 aliphatic heterocycles. The Morgan fingerprint density at radius 2 is 1.89 bits per heavy atom. The minimum Gasteiger partial charge on any atom is -0.481 e. The summed E-state index contributed by atoms with van der Waals surface area (Å²) in [6.07, 6.45) is 4.36. The highest BCUT2D eigenvalue weighted by Gasteiger charge is 2.39. The van der Waals surface area contributed by atoms with Gasteiger partial charge in [0.05, 0.1) is 11.2 Å². The molecule has 0 unspecified atom stereocenters. The second-order valence-electron chi connectivity index (χ2n) is 5.28. The molecule has 0 spiro atoms. The van der Waals surface area contributed by atoms with Gasteiger partial charge in [-0.15, -0.1) is 11.8 Å². The van der Waals surface area contributed by atoms with Gasteiger partial charge in [0.2, 0.25) is 5.91 Å². The molecule has 0 aromatic heterocycles. The molecule has 104 valence electrons. The average molecular weight is 273 g/mol. The van der Waals surface area contributed by atoms with Gasteiger partial charge in [-0.1, -0.05) is 33.1 Å². The van der Waals surface area contributed by atoms with Crippen molar-refractivity contribution in [1.29, 1.82) is 0 Å². The van der Waals surface area contributed by atoms with E-state index in [2.05, 4.69) is 5.32 Å². The number of carboxylic acids is 1. The fraction of sp³-hybridized carbons (Fsp3) is 0.846. The molecule has 0 aromatic carbocycles. The zero-order chi connectivity index (χ0) is 13.6. The smallest absolute Gasteiger partial charge is 0.311 e.